The Morgan fingerprint density at radius 3 is 2.79 bits per heavy atom. The molecule has 5 nitrogen and oxygen atoms in total. The van der Waals surface area contributed by atoms with Crippen molar-refractivity contribution in [3.05, 3.63) is 62.6 Å². The van der Waals surface area contributed by atoms with Crippen molar-refractivity contribution < 1.29 is 13.9 Å². The van der Waals surface area contributed by atoms with Crippen LogP contribution in [-0.2, 0) is 6.54 Å². The number of hydrogen-bond acceptors (Lipinski definition) is 5. The molecule has 0 aliphatic heterocycles. The van der Waals surface area contributed by atoms with E-state index in [1.165, 1.54) is 19.2 Å². The van der Waals surface area contributed by atoms with Crippen LogP contribution in [0, 0.1) is 5.82 Å². The third-order valence-electron chi connectivity index (χ3n) is 4.12. The molecule has 0 aliphatic rings. The number of methoxy groups -OCH3 is 1. The zero-order valence-corrected chi connectivity index (χ0v) is 17.8. The van der Waals surface area contributed by atoms with E-state index in [1.54, 1.807) is 16.7 Å². The fourth-order valence-electron chi connectivity index (χ4n) is 2.81. The van der Waals surface area contributed by atoms with Crippen LogP contribution in [-0.4, -0.2) is 28.2 Å². The van der Waals surface area contributed by atoms with Gasteiger partial charge in [-0.25, -0.2) is 9.37 Å². The highest BCUT2D eigenvalue weighted by atomic mass is 79.9. The predicted octanol–water partition coefficient (Wildman–Crippen LogP) is 4.69. The van der Waals surface area contributed by atoms with E-state index in [1.807, 2.05) is 13.0 Å². The van der Waals surface area contributed by atoms with Gasteiger partial charge in [0.15, 0.2) is 10.9 Å². The number of aromatic nitrogens is 2. The number of hydrogen-bond donors (Lipinski definition) is 0. The Kier molecular flexibility index (Phi) is 6.51. The maximum atomic E-state index is 13.6. The molecule has 0 saturated heterocycles. The molecule has 0 N–H and O–H groups in total. The van der Waals surface area contributed by atoms with Gasteiger partial charge in [-0.05, 0) is 42.8 Å². The zero-order valence-electron chi connectivity index (χ0n) is 15.4. The smallest absolute Gasteiger partial charge is 0.262 e. The Morgan fingerprint density at radius 2 is 2.07 bits per heavy atom. The number of nitrogens with zero attached hydrogens (tertiary/aromatic N) is 2. The molecule has 8 heteroatoms. The summed E-state index contributed by atoms with van der Waals surface area (Å²) in [6.07, 6.45) is 0.750. The van der Waals surface area contributed by atoms with Gasteiger partial charge in [-0.15, -0.1) is 0 Å². The van der Waals surface area contributed by atoms with E-state index in [-0.39, 0.29) is 22.7 Å². The number of halogens is 2. The van der Waals surface area contributed by atoms with Gasteiger partial charge in [0.2, 0.25) is 0 Å². The minimum Gasteiger partial charge on any atom is -0.496 e. The lowest BCUT2D eigenvalue weighted by molar-refractivity contribution is 0.101. The van der Waals surface area contributed by atoms with Gasteiger partial charge in [-0.3, -0.25) is 14.2 Å². The predicted molar refractivity (Wildman–Crippen MR) is 112 cm³/mol. The first-order valence-corrected chi connectivity index (χ1v) is 10.4. The first-order valence-electron chi connectivity index (χ1n) is 8.64. The molecule has 0 amide bonds. The number of ketones is 1. The first kappa shape index (κ1) is 20.5. The summed E-state index contributed by atoms with van der Waals surface area (Å²) in [5, 5.41) is 0.982. The maximum absolute atomic E-state index is 13.6. The summed E-state index contributed by atoms with van der Waals surface area (Å²) >= 11 is 4.54. The zero-order chi connectivity index (χ0) is 20.3. The van der Waals surface area contributed by atoms with Crippen molar-refractivity contribution in [2.45, 2.75) is 25.0 Å². The summed E-state index contributed by atoms with van der Waals surface area (Å²) in [6.45, 7) is 2.46. The minimum atomic E-state index is -0.508. The quantitative estimate of drug-likeness (QED) is 0.288. The van der Waals surface area contributed by atoms with E-state index in [9.17, 15) is 14.0 Å². The van der Waals surface area contributed by atoms with Crippen LogP contribution in [0.4, 0.5) is 4.39 Å². The topological polar surface area (TPSA) is 61.2 Å². The minimum absolute atomic E-state index is 0.0119. The number of benzene rings is 2. The van der Waals surface area contributed by atoms with Crippen LogP contribution < -0.4 is 10.3 Å². The van der Waals surface area contributed by atoms with Crippen molar-refractivity contribution in [3.63, 3.8) is 0 Å². The summed E-state index contributed by atoms with van der Waals surface area (Å²) in [6, 6.07) is 9.14. The summed E-state index contributed by atoms with van der Waals surface area (Å²) in [5.41, 5.74) is 0.592. The fraction of sp³-hybridized carbons (Fsp3) is 0.250. The number of ether oxygens (including phenoxy) is 1. The van der Waals surface area contributed by atoms with Gasteiger partial charge in [0.1, 0.15) is 11.6 Å². The van der Waals surface area contributed by atoms with Crippen molar-refractivity contribution in [2.24, 2.45) is 0 Å². The van der Waals surface area contributed by atoms with Crippen molar-refractivity contribution >= 4 is 44.4 Å². The van der Waals surface area contributed by atoms with Crippen LogP contribution in [0.5, 0.6) is 5.75 Å². The molecule has 0 unspecified atom stereocenters. The van der Waals surface area contributed by atoms with Gasteiger partial charge < -0.3 is 4.74 Å². The Morgan fingerprint density at radius 1 is 1.29 bits per heavy atom. The third kappa shape index (κ3) is 4.28. The number of carbonyl (C=O) groups is 1. The van der Waals surface area contributed by atoms with Gasteiger partial charge in [0, 0.05) is 11.0 Å². The Labute approximate surface area is 174 Å². The third-order valence-corrected chi connectivity index (χ3v) is 5.59. The van der Waals surface area contributed by atoms with Crippen LogP contribution in [0.25, 0.3) is 10.9 Å². The highest BCUT2D eigenvalue weighted by Gasteiger charge is 2.17. The van der Waals surface area contributed by atoms with Crippen LogP contribution >= 0.6 is 27.7 Å². The second-order valence-electron chi connectivity index (χ2n) is 6.07. The molecular formula is C20H18BrFN2O3S. The van der Waals surface area contributed by atoms with E-state index < -0.39 is 5.82 Å². The highest BCUT2D eigenvalue weighted by molar-refractivity contribution is 9.10. The second kappa shape index (κ2) is 8.87. The monoisotopic (exact) mass is 464 g/mol. The Bertz CT molecular complexity index is 1100. The molecule has 146 valence electrons. The van der Waals surface area contributed by atoms with E-state index in [0.29, 0.717) is 28.4 Å². The molecule has 1 aromatic heterocycles. The van der Waals surface area contributed by atoms with E-state index in [2.05, 4.69) is 20.9 Å². The van der Waals surface area contributed by atoms with Crippen LogP contribution in [0.3, 0.4) is 0 Å². The lowest BCUT2D eigenvalue weighted by Gasteiger charge is -2.13. The molecule has 0 aliphatic carbocycles. The summed E-state index contributed by atoms with van der Waals surface area (Å²) in [5.74, 6) is -0.479. The number of thioether (sulfide) groups is 1. The lowest BCUT2D eigenvalue weighted by atomic mass is 10.1. The van der Waals surface area contributed by atoms with E-state index in [4.69, 9.17) is 4.74 Å². The molecular weight excluding hydrogens is 447 g/mol. The molecule has 0 radical (unpaired) electrons. The standard InChI is InChI=1S/C20H18BrFN2O3S/c1-3-8-24-19(26)14-9-12(21)4-6-16(14)23-20(24)28-11-17(25)15-10-13(22)5-7-18(15)27-2/h4-7,9-10H,3,8,11H2,1-2H3. The number of Topliss-reactive ketones (excluding diaryl/α,β-unsaturated/α-hetero) is 1. The van der Waals surface area contributed by atoms with E-state index >= 15 is 0 Å². The molecule has 3 aromatic rings. The van der Waals surface area contributed by atoms with Crippen LogP contribution in [0.2, 0.25) is 0 Å². The fourth-order valence-corrected chi connectivity index (χ4v) is 4.08. The average Bonchev–Trinajstić information content (AvgIpc) is 2.69. The van der Waals surface area contributed by atoms with Crippen LogP contribution in [0.1, 0.15) is 23.7 Å². The lowest BCUT2D eigenvalue weighted by Crippen LogP contribution is -2.23. The summed E-state index contributed by atoms with van der Waals surface area (Å²) in [7, 11) is 1.43. The Hall–Kier alpha value is -2.19. The number of rotatable bonds is 7. The normalized spacial score (nSPS) is 11.0. The molecule has 0 atom stereocenters. The molecule has 0 fully saturated rings. The summed E-state index contributed by atoms with van der Waals surface area (Å²) in [4.78, 5) is 30.1. The van der Waals surface area contributed by atoms with E-state index in [0.717, 1.165) is 28.7 Å². The molecule has 28 heavy (non-hydrogen) atoms. The molecule has 1 heterocycles. The average molecular weight is 465 g/mol. The van der Waals surface area contributed by atoms with Gasteiger partial charge in [0.25, 0.3) is 5.56 Å². The summed E-state index contributed by atoms with van der Waals surface area (Å²) < 4.78 is 21.1. The SMILES string of the molecule is CCCn1c(SCC(=O)c2cc(F)ccc2OC)nc2ccc(Br)cc2c1=O. The van der Waals surface area contributed by atoms with Crippen LogP contribution in [0.15, 0.2) is 50.8 Å². The Balaban J connectivity index is 1.95. The second-order valence-corrected chi connectivity index (χ2v) is 7.93. The number of carbonyl (C=O) groups excluding carboxylic acids is 1. The van der Waals surface area contributed by atoms with Crippen molar-refractivity contribution in [1.29, 1.82) is 0 Å². The van der Waals surface area contributed by atoms with Gasteiger partial charge in [0.05, 0.1) is 29.3 Å². The van der Waals surface area contributed by atoms with Gasteiger partial charge in [-0.1, -0.05) is 34.6 Å². The molecule has 0 bridgehead atoms. The largest absolute Gasteiger partial charge is 0.496 e. The van der Waals surface area contributed by atoms with Crippen molar-refractivity contribution in [2.75, 3.05) is 12.9 Å². The maximum Gasteiger partial charge on any atom is 0.262 e. The molecule has 3 rings (SSSR count). The highest BCUT2D eigenvalue weighted by Crippen LogP contribution is 2.25. The molecule has 0 saturated carbocycles. The molecule has 2 aromatic carbocycles. The van der Waals surface area contributed by atoms with Crippen molar-refractivity contribution in [1.82, 2.24) is 9.55 Å². The van der Waals surface area contributed by atoms with Gasteiger partial charge >= 0.3 is 0 Å². The number of fused-ring (bicyclic) bond motifs is 1. The first-order chi connectivity index (χ1) is 13.4. The van der Waals surface area contributed by atoms with Gasteiger partial charge in [-0.2, -0.15) is 0 Å². The van der Waals surface area contributed by atoms with Crippen molar-refractivity contribution in [3.8, 4) is 5.75 Å². The molecule has 0 spiro atoms.